The molecule has 0 amide bonds. The second-order valence-electron chi connectivity index (χ2n) is 12.3. The van der Waals surface area contributed by atoms with E-state index in [2.05, 4.69) is 84.5 Å². The second-order valence-corrected chi connectivity index (χ2v) is 12.7. The normalized spacial score (nSPS) is 13.7. The highest BCUT2D eigenvalue weighted by Gasteiger charge is 2.19. The largest absolute Gasteiger partial charge is 0.483 e. The Labute approximate surface area is 298 Å². The summed E-state index contributed by atoms with van der Waals surface area (Å²) >= 11 is 6.75. The minimum Gasteiger partial charge on any atom is -0.483 e. The quantitative estimate of drug-likeness (QED) is 0.139. The predicted molar refractivity (Wildman–Crippen MR) is 203 cm³/mol. The number of carbonyl (C=O) groups excluding carboxylic acids is 1. The first kappa shape index (κ1) is 36.2. The van der Waals surface area contributed by atoms with Crippen molar-refractivity contribution < 1.29 is 19.1 Å². The molecule has 0 unspecified atom stereocenters. The van der Waals surface area contributed by atoms with E-state index in [9.17, 15) is 4.79 Å². The number of anilines is 1. The van der Waals surface area contributed by atoms with Gasteiger partial charge in [0.15, 0.2) is 11.9 Å². The molecule has 0 radical (unpaired) electrons. The van der Waals surface area contributed by atoms with Gasteiger partial charge in [-0.25, -0.2) is 4.98 Å². The lowest BCUT2D eigenvalue weighted by molar-refractivity contribution is -0.122. The molecular weight excluding hydrogens is 648 g/mol. The van der Waals surface area contributed by atoms with Crippen LogP contribution in [0.3, 0.4) is 0 Å². The van der Waals surface area contributed by atoms with E-state index in [0.717, 1.165) is 88.3 Å². The third-order valence-corrected chi connectivity index (χ3v) is 9.18. The number of nitrogens with one attached hydrogen (secondary N) is 1. The van der Waals surface area contributed by atoms with Gasteiger partial charge in [-0.15, -0.1) is 0 Å². The first-order valence-corrected chi connectivity index (χ1v) is 17.3. The number of nitrogens with zero attached hydrogens (tertiary/aromatic N) is 3. The number of carbonyl (C=O) groups is 2. The molecule has 5 aromatic rings. The number of oxazole rings is 1. The Kier molecular flexibility index (Phi) is 12.4. The summed E-state index contributed by atoms with van der Waals surface area (Å²) in [7, 11) is 0. The van der Waals surface area contributed by atoms with Crippen molar-refractivity contribution in [2.45, 2.75) is 59.9 Å². The molecule has 9 heteroatoms. The second kappa shape index (κ2) is 17.1. The van der Waals surface area contributed by atoms with Crippen LogP contribution in [0, 0.1) is 13.8 Å². The summed E-state index contributed by atoms with van der Waals surface area (Å²) in [5.74, 6) is 0.567. The zero-order chi connectivity index (χ0) is 35.6. The number of hydrogen-bond donors (Lipinski definition) is 2. The fourth-order valence-electron chi connectivity index (χ4n) is 6.50. The number of piperidine rings is 1. The lowest BCUT2D eigenvalue weighted by Crippen LogP contribution is -2.29. The van der Waals surface area contributed by atoms with Crippen LogP contribution >= 0.6 is 11.6 Å². The molecule has 8 nitrogen and oxygen atoms in total. The lowest BCUT2D eigenvalue weighted by atomic mass is 9.92. The van der Waals surface area contributed by atoms with Crippen LogP contribution in [-0.4, -0.2) is 45.8 Å². The maximum Gasteiger partial charge on any atom is 0.290 e. The monoisotopic (exact) mass is 690 g/mol. The molecule has 1 aliphatic heterocycles. The average molecular weight is 691 g/mol. The van der Waals surface area contributed by atoms with Gasteiger partial charge < -0.3 is 14.8 Å². The Hall–Kier alpha value is -5.05. The smallest absolute Gasteiger partial charge is 0.290 e. The molecule has 1 aliphatic rings. The first-order chi connectivity index (χ1) is 24.3. The van der Waals surface area contributed by atoms with Crippen molar-refractivity contribution in [2.24, 2.45) is 0 Å². The number of fused-ring (bicyclic) bond motifs is 1. The van der Waals surface area contributed by atoms with Crippen molar-refractivity contribution >= 4 is 52.9 Å². The number of rotatable bonds is 10. The fraction of sp³-hybridized carbons (Fsp3) is 0.268. The molecule has 50 heavy (non-hydrogen) atoms. The Morgan fingerprint density at radius 3 is 2.40 bits per heavy atom. The average Bonchev–Trinajstić information content (AvgIpc) is 3.55. The van der Waals surface area contributed by atoms with Crippen LogP contribution in [0.15, 0.2) is 77.4 Å². The van der Waals surface area contributed by atoms with Gasteiger partial charge in [0.05, 0.1) is 16.4 Å². The molecular formula is C41H43ClN4O4. The maximum absolute atomic E-state index is 11.4. The standard InChI is InChI=1S/C40H41ClN4O2.CH2O2/c1-5-12-30-20-29(25-46)23-42-38(30)36(13-6-2)43-35-17-11-15-32(27(35)4)31-14-10-16-33(26(31)3)40-44-37-22-28(21-34(41)39(37)47-40)24-45-18-8-7-9-19-45;2-1-3/h5,10-17,20-23,25,43H,6-9,18-19,24H2,1-4H3;1H,(H,2,3)/b12-5-,36-13-;. The van der Waals surface area contributed by atoms with Crippen molar-refractivity contribution in [3.8, 4) is 22.6 Å². The van der Waals surface area contributed by atoms with Crippen LogP contribution < -0.4 is 5.32 Å². The molecule has 3 heterocycles. The Bertz CT molecular complexity index is 2040. The van der Waals surface area contributed by atoms with Gasteiger partial charge in [0.1, 0.15) is 5.52 Å². The van der Waals surface area contributed by atoms with Crippen molar-refractivity contribution in [3.63, 3.8) is 0 Å². The SMILES string of the molecule is C/C=C\c1cc(C=O)cnc1/C(=C/CC)Nc1cccc(-c2cccc(-c3nc4cc(CN5CCCCC5)cc(Cl)c4o3)c2C)c1C.O=CO. The number of hydrogen-bond acceptors (Lipinski definition) is 7. The molecule has 0 bridgehead atoms. The van der Waals surface area contributed by atoms with E-state index in [4.69, 9.17) is 30.9 Å². The highest BCUT2D eigenvalue weighted by molar-refractivity contribution is 6.34. The molecule has 258 valence electrons. The van der Waals surface area contributed by atoms with Crippen LogP contribution in [0.1, 0.15) is 77.8 Å². The number of halogens is 1. The van der Waals surface area contributed by atoms with E-state index in [1.54, 1.807) is 6.20 Å². The summed E-state index contributed by atoms with van der Waals surface area (Å²) in [6.45, 7) is 11.2. The third-order valence-electron chi connectivity index (χ3n) is 8.90. The van der Waals surface area contributed by atoms with Crippen molar-refractivity contribution in [1.82, 2.24) is 14.9 Å². The van der Waals surface area contributed by atoms with Crippen LogP contribution in [-0.2, 0) is 11.3 Å². The lowest BCUT2D eigenvalue weighted by Gasteiger charge is -2.26. The molecule has 3 aromatic carbocycles. The molecule has 0 spiro atoms. The number of likely N-dealkylation sites (tertiary alicyclic amines) is 1. The number of pyridine rings is 1. The van der Waals surface area contributed by atoms with Crippen LogP contribution in [0.2, 0.25) is 5.02 Å². The zero-order valence-corrected chi connectivity index (χ0v) is 29.8. The Morgan fingerprint density at radius 2 is 1.70 bits per heavy atom. The van der Waals surface area contributed by atoms with Crippen LogP contribution in [0.25, 0.3) is 45.5 Å². The van der Waals surface area contributed by atoms with Gasteiger partial charge in [-0.1, -0.05) is 67.4 Å². The summed E-state index contributed by atoms with van der Waals surface area (Å²) in [4.78, 5) is 31.9. The first-order valence-electron chi connectivity index (χ1n) is 17.0. The van der Waals surface area contributed by atoms with Gasteiger partial charge in [0.25, 0.3) is 6.47 Å². The topological polar surface area (TPSA) is 109 Å². The number of allylic oxidation sites excluding steroid dienone is 2. The molecule has 0 atom stereocenters. The molecule has 6 rings (SSSR count). The van der Waals surface area contributed by atoms with Gasteiger partial charge in [0.2, 0.25) is 5.89 Å². The van der Waals surface area contributed by atoms with Crippen molar-refractivity contribution in [1.29, 1.82) is 0 Å². The van der Waals surface area contributed by atoms with Crippen LogP contribution in [0.5, 0.6) is 0 Å². The van der Waals surface area contributed by atoms with Gasteiger partial charge in [-0.2, -0.15) is 0 Å². The van der Waals surface area contributed by atoms with Gasteiger partial charge in [0, 0.05) is 35.1 Å². The summed E-state index contributed by atoms with van der Waals surface area (Å²) < 4.78 is 6.32. The van der Waals surface area contributed by atoms with E-state index < -0.39 is 0 Å². The minimum atomic E-state index is -0.250. The Morgan fingerprint density at radius 1 is 1.00 bits per heavy atom. The third kappa shape index (κ3) is 8.21. The number of benzene rings is 3. The molecule has 0 saturated carbocycles. The molecule has 1 fully saturated rings. The number of carboxylic acid groups (broad SMARTS) is 1. The van der Waals surface area contributed by atoms with E-state index in [1.807, 2.05) is 31.2 Å². The van der Waals surface area contributed by atoms with Crippen molar-refractivity contribution in [3.05, 3.63) is 111 Å². The van der Waals surface area contributed by atoms with Gasteiger partial charge >= 0.3 is 0 Å². The summed E-state index contributed by atoms with van der Waals surface area (Å²) in [5, 5.41) is 11.1. The van der Waals surface area contributed by atoms with E-state index in [0.29, 0.717) is 22.1 Å². The predicted octanol–water partition coefficient (Wildman–Crippen LogP) is 10.2. The molecule has 2 N–H and O–H groups in total. The summed E-state index contributed by atoms with van der Waals surface area (Å²) in [5.41, 5.74) is 12.0. The van der Waals surface area contributed by atoms with Gasteiger partial charge in [-0.3, -0.25) is 19.5 Å². The summed E-state index contributed by atoms with van der Waals surface area (Å²) in [6, 6.07) is 18.6. The number of aldehydes is 1. The zero-order valence-electron chi connectivity index (χ0n) is 29.0. The van der Waals surface area contributed by atoms with Crippen molar-refractivity contribution in [2.75, 3.05) is 18.4 Å². The summed E-state index contributed by atoms with van der Waals surface area (Å²) in [6.07, 6.45) is 13.1. The van der Waals surface area contributed by atoms with E-state index in [1.165, 1.54) is 24.8 Å². The Balaban J connectivity index is 0.00000156. The fourth-order valence-corrected chi connectivity index (χ4v) is 6.78. The maximum atomic E-state index is 11.4. The molecule has 0 aliphatic carbocycles. The van der Waals surface area contributed by atoms with E-state index in [-0.39, 0.29) is 6.47 Å². The highest BCUT2D eigenvalue weighted by atomic mass is 35.5. The molecule has 1 saturated heterocycles. The minimum absolute atomic E-state index is 0.250. The van der Waals surface area contributed by atoms with E-state index >= 15 is 0 Å². The number of aromatic nitrogens is 2. The van der Waals surface area contributed by atoms with Gasteiger partial charge in [-0.05, 0) is 111 Å². The van der Waals surface area contributed by atoms with Crippen LogP contribution in [0.4, 0.5) is 5.69 Å². The molecule has 2 aromatic heterocycles. The highest BCUT2D eigenvalue weighted by Crippen LogP contribution is 2.38.